The lowest BCUT2D eigenvalue weighted by atomic mass is 10.1. The van der Waals surface area contributed by atoms with Gasteiger partial charge in [0.1, 0.15) is 29.5 Å². The zero-order valence-electron chi connectivity index (χ0n) is 31.0. The lowest BCUT2D eigenvalue weighted by Gasteiger charge is -2.29. The highest BCUT2D eigenvalue weighted by molar-refractivity contribution is 7.91. The highest BCUT2D eigenvalue weighted by Crippen LogP contribution is 2.46. The second-order valence-corrected chi connectivity index (χ2v) is 18.6. The first-order valence-electron chi connectivity index (χ1n) is 19.3. The van der Waals surface area contributed by atoms with Crippen molar-refractivity contribution in [1.29, 1.82) is 0 Å². The molecule has 4 heterocycles. The van der Waals surface area contributed by atoms with Gasteiger partial charge in [-0.05, 0) is 57.1 Å². The van der Waals surface area contributed by atoms with Crippen molar-refractivity contribution in [3.63, 3.8) is 0 Å². The molecule has 0 spiro atoms. The number of carbonyl (C=O) groups is 4. The van der Waals surface area contributed by atoms with E-state index in [2.05, 4.69) is 15.4 Å². The third-order valence-corrected chi connectivity index (χ3v) is 14.2. The number of allylic oxidation sites excluding steroid dienone is 1. The minimum absolute atomic E-state index is 0.0284. The maximum Gasteiger partial charge on any atom is 0.410 e. The average molecular weight is 805 g/mol. The van der Waals surface area contributed by atoms with Crippen molar-refractivity contribution in [2.75, 3.05) is 11.9 Å². The first kappa shape index (κ1) is 38.1. The van der Waals surface area contributed by atoms with E-state index in [4.69, 9.17) is 9.72 Å². The summed E-state index contributed by atoms with van der Waals surface area (Å²) in [5.41, 5.74) is 1.32. The lowest BCUT2D eigenvalue weighted by molar-refractivity contribution is -0.140. The summed E-state index contributed by atoms with van der Waals surface area (Å²) in [6.07, 6.45) is 6.82. The Morgan fingerprint density at radius 2 is 1.84 bits per heavy atom. The largest absolute Gasteiger partial charge is 0.444 e. The third kappa shape index (κ3) is 7.77. The molecule has 3 N–H and O–H groups in total. The number of sulfonamides is 1. The number of benzene rings is 2. The number of amides is 4. The number of nitrogens with one attached hydrogen (secondary N) is 3. The number of nitrogens with zero attached hydrogens (tertiary/aromatic N) is 3. The Bertz CT molecular complexity index is 2180. The first-order chi connectivity index (χ1) is 26.9. The Balaban J connectivity index is 1.07. The fourth-order valence-electron chi connectivity index (χ4n) is 8.05. The zero-order valence-corrected chi connectivity index (χ0v) is 32.7. The molecule has 4 amide bonds. The average Bonchev–Trinajstić information content (AvgIpc) is 4.01. The number of aromatic nitrogens is 1. The molecule has 0 radical (unpaired) electrons. The lowest BCUT2D eigenvalue weighted by Crippen LogP contribution is -2.57. The topological polar surface area (TPSA) is 167 Å². The Morgan fingerprint density at radius 3 is 2.61 bits per heavy atom. The highest BCUT2D eigenvalue weighted by atomic mass is 32.2. The van der Waals surface area contributed by atoms with E-state index in [-0.39, 0.29) is 38.4 Å². The van der Waals surface area contributed by atoms with Crippen LogP contribution in [0.4, 0.5) is 14.3 Å². The van der Waals surface area contributed by atoms with E-state index in [1.807, 2.05) is 49.4 Å². The van der Waals surface area contributed by atoms with E-state index in [1.54, 1.807) is 12.1 Å². The number of aryl methyl sites for hydroxylation is 1. The van der Waals surface area contributed by atoms with Gasteiger partial charge in [0.05, 0.1) is 24.0 Å². The van der Waals surface area contributed by atoms with E-state index in [0.717, 1.165) is 35.4 Å². The summed E-state index contributed by atoms with van der Waals surface area (Å²) >= 11 is 1.43. The number of hydrogen-bond acceptors (Lipinski definition) is 10. The van der Waals surface area contributed by atoms with Crippen LogP contribution < -0.4 is 15.4 Å². The van der Waals surface area contributed by atoms with Crippen molar-refractivity contribution in [2.24, 2.45) is 5.92 Å². The Morgan fingerprint density at radius 1 is 1.04 bits per heavy atom. The van der Waals surface area contributed by atoms with Crippen LogP contribution in [0.25, 0.3) is 11.3 Å². The van der Waals surface area contributed by atoms with Crippen molar-refractivity contribution in [1.82, 2.24) is 24.8 Å². The fourth-order valence-corrected chi connectivity index (χ4v) is 10.3. The van der Waals surface area contributed by atoms with Crippen molar-refractivity contribution >= 4 is 50.3 Å². The van der Waals surface area contributed by atoms with Crippen molar-refractivity contribution in [2.45, 2.75) is 107 Å². The molecular weight excluding hydrogens is 760 g/mol. The van der Waals surface area contributed by atoms with Crippen LogP contribution in [0.15, 0.2) is 60.7 Å². The minimum atomic E-state index is -3.90. The van der Waals surface area contributed by atoms with Gasteiger partial charge in [0.15, 0.2) is 5.13 Å². The molecule has 16 heteroatoms. The summed E-state index contributed by atoms with van der Waals surface area (Å²) < 4.78 is 48.4. The Hall–Kier alpha value is -4.83. The van der Waals surface area contributed by atoms with Gasteiger partial charge in [0, 0.05) is 34.9 Å². The maximum absolute atomic E-state index is 14.7. The van der Waals surface area contributed by atoms with Gasteiger partial charge in [-0.1, -0.05) is 67.5 Å². The number of fused-ring (bicyclic) bond motifs is 3. The van der Waals surface area contributed by atoms with Gasteiger partial charge in [-0.15, -0.1) is 11.3 Å². The van der Waals surface area contributed by atoms with Gasteiger partial charge in [-0.25, -0.2) is 22.6 Å². The monoisotopic (exact) mass is 804 g/mol. The molecule has 4 unspecified atom stereocenters. The molecule has 3 aromatic rings. The van der Waals surface area contributed by atoms with Crippen LogP contribution in [0.3, 0.4) is 0 Å². The fraction of sp³-hybridized carbons (Fsp3) is 0.475. The zero-order chi connectivity index (χ0) is 39.2. The predicted octanol–water partition coefficient (Wildman–Crippen LogP) is 5.16. The van der Waals surface area contributed by atoms with E-state index >= 15 is 0 Å². The Kier molecular flexibility index (Phi) is 10.4. The standard InChI is InChI=1S/C40H45FN6O7S2/c1-24-34(25-11-6-5-7-12-25)43-38(55-24)42-32-16-9-4-2-3-8-14-27-20-40(27,37(50)45-56(52,53)29-17-18-29)44-35(48)33-19-28(22-47(33)36(32)49)54-39(51)46-21-26-13-10-15-31(41)30(26)23-46/h5-8,10-15,27-29,32-33H,2-4,9,16-23H2,1H3,(H,42,43)(H,44,48)(H,45,50)/b14-8-/t27?,28-,32?,33?,40?/m1/s1. The van der Waals surface area contributed by atoms with Gasteiger partial charge in [-0.3, -0.25) is 24.0 Å². The molecule has 3 aliphatic heterocycles. The van der Waals surface area contributed by atoms with Gasteiger partial charge in [0.2, 0.25) is 21.8 Å². The summed E-state index contributed by atoms with van der Waals surface area (Å²) in [6, 6.07) is 12.5. The maximum atomic E-state index is 14.7. The third-order valence-electron chi connectivity index (χ3n) is 11.4. The van der Waals surface area contributed by atoms with Crippen molar-refractivity contribution in [3.05, 3.63) is 82.5 Å². The smallest absolute Gasteiger partial charge is 0.410 e. The molecule has 2 aromatic carbocycles. The number of carbonyl (C=O) groups excluding carboxylic acids is 4. The Labute approximate surface area is 329 Å². The van der Waals surface area contributed by atoms with Crippen LogP contribution in [0.5, 0.6) is 0 Å². The molecule has 13 nitrogen and oxygen atoms in total. The summed E-state index contributed by atoms with van der Waals surface area (Å²) in [6.45, 7) is 2.06. The highest BCUT2D eigenvalue weighted by Gasteiger charge is 2.62. The van der Waals surface area contributed by atoms with Crippen LogP contribution in [-0.4, -0.2) is 82.5 Å². The van der Waals surface area contributed by atoms with Crippen LogP contribution in [0.2, 0.25) is 0 Å². The second-order valence-electron chi connectivity index (χ2n) is 15.5. The number of halogens is 1. The van der Waals surface area contributed by atoms with Gasteiger partial charge in [0.25, 0.3) is 5.91 Å². The van der Waals surface area contributed by atoms with Crippen LogP contribution in [-0.2, 0) is 42.2 Å². The molecule has 0 bridgehead atoms. The van der Waals surface area contributed by atoms with E-state index in [1.165, 1.54) is 27.2 Å². The molecule has 5 atom stereocenters. The normalized spacial score (nSPS) is 27.2. The van der Waals surface area contributed by atoms with E-state index in [0.29, 0.717) is 41.9 Å². The van der Waals surface area contributed by atoms with Crippen LogP contribution in [0.1, 0.15) is 73.8 Å². The molecule has 1 saturated heterocycles. The molecule has 56 heavy (non-hydrogen) atoms. The van der Waals surface area contributed by atoms with Crippen molar-refractivity contribution in [3.8, 4) is 11.3 Å². The summed E-state index contributed by atoms with van der Waals surface area (Å²) in [5, 5.41) is 6.15. The predicted molar refractivity (Wildman–Crippen MR) is 207 cm³/mol. The molecule has 296 valence electrons. The van der Waals surface area contributed by atoms with E-state index in [9.17, 15) is 32.0 Å². The quantitative estimate of drug-likeness (QED) is 0.274. The summed E-state index contributed by atoms with van der Waals surface area (Å²) in [4.78, 5) is 64.9. The molecule has 2 saturated carbocycles. The molecule has 5 aliphatic rings. The van der Waals surface area contributed by atoms with Gasteiger partial charge in [-0.2, -0.15) is 0 Å². The summed E-state index contributed by atoms with van der Waals surface area (Å²) in [7, 11) is -3.90. The number of thiazole rings is 1. The minimum Gasteiger partial charge on any atom is -0.444 e. The van der Waals surface area contributed by atoms with Crippen LogP contribution >= 0.6 is 11.3 Å². The molecular formula is C40H45FN6O7S2. The van der Waals surface area contributed by atoms with Gasteiger partial charge < -0.3 is 20.3 Å². The molecule has 2 aliphatic carbocycles. The molecule has 3 fully saturated rings. The molecule has 8 rings (SSSR count). The number of anilines is 1. The number of hydrogen-bond donors (Lipinski definition) is 3. The van der Waals surface area contributed by atoms with Crippen molar-refractivity contribution < 1.29 is 36.7 Å². The van der Waals surface area contributed by atoms with E-state index < -0.39 is 68.6 Å². The number of rotatable bonds is 7. The molecule has 1 aromatic heterocycles. The van der Waals surface area contributed by atoms with Gasteiger partial charge >= 0.3 is 6.09 Å². The SMILES string of the molecule is Cc1sc(NC2CCCCC/C=C\C3CC3(C(=O)NS(=O)(=O)C3CC3)NC(=O)C3C[C@@H](OC(=O)N4Cc5cccc(F)c5C4)CN3C2=O)nc1-c1ccccc1. The number of ether oxygens (including phenoxy) is 1. The second kappa shape index (κ2) is 15.3. The first-order valence-corrected chi connectivity index (χ1v) is 21.6. The van der Waals surface area contributed by atoms with Crippen LogP contribution in [0, 0.1) is 18.7 Å². The summed E-state index contributed by atoms with van der Waals surface area (Å²) in [5.74, 6) is -2.68.